The van der Waals surface area contributed by atoms with Crippen LogP contribution in [0.15, 0.2) is 36.7 Å². The number of hydrogen-bond donors (Lipinski definition) is 1. The van der Waals surface area contributed by atoms with E-state index < -0.39 is 0 Å². The molecular formula is C19H24N4O. The van der Waals surface area contributed by atoms with Crippen molar-refractivity contribution in [1.29, 1.82) is 5.26 Å². The van der Waals surface area contributed by atoms with Crippen molar-refractivity contribution in [2.24, 2.45) is 5.92 Å². The van der Waals surface area contributed by atoms with Gasteiger partial charge < -0.3 is 5.11 Å². The molecule has 0 saturated carbocycles. The molecule has 1 aliphatic heterocycles. The van der Waals surface area contributed by atoms with Crippen LogP contribution in [-0.4, -0.2) is 39.5 Å². The summed E-state index contributed by atoms with van der Waals surface area (Å²) in [6, 6.07) is 10.3. The first-order valence-corrected chi connectivity index (χ1v) is 8.47. The fourth-order valence-corrected chi connectivity index (χ4v) is 3.49. The molecule has 0 bridgehead atoms. The minimum absolute atomic E-state index is 0.175. The normalized spacial score (nSPS) is 21.3. The minimum atomic E-state index is 0.175. The lowest BCUT2D eigenvalue weighted by Crippen LogP contribution is -2.21. The number of benzene rings is 1. The largest absolute Gasteiger partial charge is 0.396 e. The number of aromatic nitrogens is 2. The Labute approximate surface area is 143 Å². The molecule has 24 heavy (non-hydrogen) atoms. The Hall–Kier alpha value is -2.16. The highest BCUT2D eigenvalue weighted by Crippen LogP contribution is 2.33. The Morgan fingerprint density at radius 1 is 1.33 bits per heavy atom. The van der Waals surface area contributed by atoms with Gasteiger partial charge in [-0.05, 0) is 31.0 Å². The van der Waals surface area contributed by atoms with E-state index in [9.17, 15) is 10.4 Å². The maximum absolute atomic E-state index is 9.79. The molecule has 3 rings (SSSR count). The number of aliphatic hydroxyl groups is 1. The first-order chi connectivity index (χ1) is 11.6. The molecule has 1 aliphatic rings. The molecule has 5 nitrogen and oxygen atoms in total. The van der Waals surface area contributed by atoms with Gasteiger partial charge in [0.2, 0.25) is 0 Å². The molecule has 1 fully saturated rings. The van der Waals surface area contributed by atoms with Gasteiger partial charge in [-0.3, -0.25) is 9.58 Å². The molecule has 2 aromatic rings. The Morgan fingerprint density at radius 3 is 2.79 bits per heavy atom. The summed E-state index contributed by atoms with van der Waals surface area (Å²) in [5, 5.41) is 23.5. The monoisotopic (exact) mass is 324 g/mol. The molecular weight excluding hydrogens is 300 g/mol. The molecule has 1 aromatic heterocycles. The Balaban J connectivity index is 1.75. The van der Waals surface area contributed by atoms with Crippen LogP contribution in [-0.2, 0) is 6.54 Å². The van der Waals surface area contributed by atoms with Crippen LogP contribution >= 0.6 is 0 Å². The number of aliphatic hydroxyl groups excluding tert-OH is 1. The van der Waals surface area contributed by atoms with Crippen molar-refractivity contribution < 1.29 is 5.11 Å². The van der Waals surface area contributed by atoms with E-state index in [2.05, 4.69) is 36.1 Å². The van der Waals surface area contributed by atoms with Gasteiger partial charge in [0, 0.05) is 50.3 Å². The second kappa shape index (κ2) is 7.16. The molecule has 126 valence electrons. The van der Waals surface area contributed by atoms with Crippen LogP contribution in [0.25, 0.3) is 0 Å². The highest BCUT2D eigenvalue weighted by molar-refractivity contribution is 5.37. The smallest absolute Gasteiger partial charge is 0.0995 e. The van der Waals surface area contributed by atoms with Gasteiger partial charge >= 0.3 is 0 Å². The Kier molecular flexibility index (Phi) is 4.98. The van der Waals surface area contributed by atoms with Gasteiger partial charge in [-0.1, -0.05) is 18.2 Å². The van der Waals surface area contributed by atoms with E-state index >= 15 is 0 Å². The summed E-state index contributed by atoms with van der Waals surface area (Å²) in [4.78, 5) is 2.33. The van der Waals surface area contributed by atoms with Crippen LogP contribution in [0, 0.1) is 17.2 Å². The predicted molar refractivity (Wildman–Crippen MR) is 92.4 cm³/mol. The summed E-state index contributed by atoms with van der Waals surface area (Å²) in [5.74, 6) is 0.501. The highest BCUT2D eigenvalue weighted by atomic mass is 16.3. The zero-order valence-electron chi connectivity index (χ0n) is 14.3. The van der Waals surface area contributed by atoms with Crippen molar-refractivity contribution in [2.45, 2.75) is 32.4 Å². The fraction of sp³-hybridized carbons (Fsp3) is 0.474. The van der Waals surface area contributed by atoms with Gasteiger partial charge in [-0.25, -0.2) is 0 Å². The number of hydrogen-bond acceptors (Lipinski definition) is 4. The second-order valence-electron chi connectivity index (χ2n) is 6.86. The number of likely N-dealkylation sites (tertiary alicyclic amines) is 1. The summed E-state index contributed by atoms with van der Waals surface area (Å²) in [6.07, 6.45) is 4.03. The van der Waals surface area contributed by atoms with Crippen molar-refractivity contribution in [1.82, 2.24) is 14.7 Å². The summed E-state index contributed by atoms with van der Waals surface area (Å²) >= 11 is 0. The average Bonchev–Trinajstić information content (AvgIpc) is 3.21. The van der Waals surface area contributed by atoms with Gasteiger partial charge in [0.05, 0.1) is 17.8 Å². The molecule has 0 amide bonds. The Bertz CT molecular complexity index is 731. The van der Waals surface area contributed by atoms with E-state index in [4.69, 9.17) is 0 Å². The summed E-state index contributed by atoms with van der Waals surface area (Å²) in [7, 11) is 0. The van der Waals surface area contributed by atoms with E-state index in [0.29, 0.717) is 6.04 Å². The van der Waals surface area contributed by atoms with Crippen LogP contribution in [0.2, 0.25) is 0 Å². The summed E-state index contributed by atoms with van der Waals surface area (Å²) in [5.41, 5.74) is 2.98. The third kappa shape index (κ3) is 3.35. The van der Waals surface area contributed by atoms with E-state index in [1.54, 1.807) is 0 Å². The molecule has 2 atom stereocenters. The molecule has 1 saturated heterocycles. The predicted octanol–water partition coefficient (Wildman–Crippen LogP) is 2.54. The summed E-state index contributed by atoms with van der Waals surface area (Å²) in [6.45, 7) is 6.87. The molecule has 1 aromatic carbocycles. The lowest BCUT2D eigenvalue weighted by molar-refractivity contribution is 0.214. The van der Waals surface area contributed by atoms with Crippen molar-refractivity contribution in [3.05, 3.63) is 53.3 Å². The second-order valence-corrected chi connectivity index (χ2v) is 6.86. The average molecular weight is 324 g/mol. The third-order valence-electron chi connectivity index (χ3n) is 4.86. The van der Waals surface area contributed by atoms with E-state index in [1.165, 1.54) is 5.56 Å². The maximum atomic E-state index is 9.79. The van der Waals surface area contributed by atoms with Crippen molar-refractivity contribution in [3.8, 4) is 6.07 Å². The van der Waals surface area contributed by atoms with Crippen LogP contribution < -0.4 is 0 Å². The van der Waals surface area contributed by atoms with Crippen molar-refractivity contribution in [3.63, 3.8) is 0 Å². The maximum Gasteiger partial charge on any atom is 0.0995 e. The van der Waals surface area contributed by atoms with E-state index in [0.717, 1.165) is 30.8 Å². The Morgan fingerprint density at radius 2 is 2.12 bits per heavy atom. The first-order valence-electron chi connectivity index (χ1n) is 8.47. The summed E-state index contributed by atoms with van der Waals surface area (Å²) < 4.78 is 1.97. The van der Waals surface area contributed by atoms with Crippen molar-refractivity contribution >= 4 is 0 Å². The topological polar surface area (TPSA) is 65.1 Å². The quantitative estimate of drug-likeness (QED) is 0.918. The van der Waals surface area contributed by atoms with Crippen LogP contribution in [0.1, 0.15) is 42.5 Å². The van der Waals surface area contributed by atoms with Gasteiger partial charge in [-0.2, -0.15) is 10.4 Å². The van der Waals surface area contributed by atoms with Gasteiger partial charge in [-0.15, -0.1) is 0 Å². The van der Waals surface area contributed by atoms with Crippen molar-refractivity contribution in [2.75, 3.05) is 19.7 Å². The molecule has 0 spiro atoms. The third-order valence-corrected chi connectivity index (χ3v) is 4.86. The number of rotatable bonds is 5. The van der Waals surface area contributed by atoms with E-state index in [-0.39, 0.29) is 18.4 Å². The SMILES string of the molecule is CC(C)n1cc([C@@H]2CN(Cc3ccccc3C#N)C[C@H]2CO)cn1. The lowest BCUT2D eigenvalue weighted by atomic mass is 9.92. The van der Waals surface area contributed by atoms with Gasteiger partial charge in [0.15, 0.2) is 0 Å². The first kappa shape index (κ1) is 16.7. The molecule has 1 N–H and O–H groups in total. The van der Waals surface area contributed by atoms with Gasteiger partial charge in [0.25, 0.3) is 0 Å². The van der Waals surface area contributed by atoms with Crippen LogP contribution in [0.4, 0.5) is 0 Å². The zero-order chi connectivity index (χ0) is 17.1. The molecule has 0 radical (unpaired) electrons. The number of nitriles is 1. The van der Waals surface area contributed by atoms with Crippen LogP contribution in [0.5, 0.6) is 0 Å². The van der Waals surface area contributed by atoms with Gasteiger partial charge in [0.1, 0.15) is 0 Å². The molecule has 5 heteroatoms. The molecule has 0 aliphatic carbocycles. The lowest BCUT2D eigenvalue weighted by Gasteiger charge is -2.16. The molecule has 0 unspecified atom stereocenters. The van der Waals surface area contributed by atoms with E-state index in [1.807, 2.05) is 35.1 Å². The number of nitrogens with zero attached hydrogens (tertiary/aromatic N) is 4. The highest BCUT2D eigenvalue weighted by Gasteiger charge is 2.34. The fourth-order valence-electron chi connectivity index (χ4n) is 3.49. The molecule has 2 heterocycles. The minimum Gasteiger partial charge on any atom is -0.396 e. The van der Waals surface area contributed by atoms with Crippen LogP contribution in [0.3, 0.4) is 0 Å². The standard InChI is InChI=1S/C19H24N4O/c1-14(2)23-11-17(8-21-23)19-12-22(10-18(19)13-24)9-16-6-4-3-5-15(16)7-20/h3-6,8,11,14,18-19,24H,9-10,12-13H2,1-2H3/t18-,19-/m0/s1. The zero-order valence-corrected chi connectivity index (χ0v) is 14.3.